The first-order valence-corrected chi connectivity index (χ1v) is 10.8. The number of aromatic nitrogens is 3. The molecule has 0 radical (unpaired) electrons. The lowest BCUT2D eigenvalue weighted by molar-refractivity contribution is 0.0999. The summed E-state index contributed by atoms with van der Waals surface area (Å²) in [5.74, 6) is 1.02. The molecule has 166 valence electrons. The van der Waals surface area contributed by atoms with Crippen molar-refractivity contribution < 1.29 is 9.59 Å². The molecule has 8 nitrogen and oxygen atoms in total. The summed E-state index contributed by atoms with van der Waals surface area (Å²) in [6.07, 6.45) is 1.66. The van der Waals surface area contributed by atoms with E-state index in [4.69, 9.17) is 17.3 Å². The number of carbonyl (C=O) groups excluding carboxylic acids is 2. The molecule has 9 heteroatoms. The van der Waals surface area contributed by atoms with E-state index in [1.165, 1.54) is 0 Å². The molecule has 4 rings (SSSR count). The van der Waals surface area contributed by atoms with Crippen LogP contribution in [-0.2, 0) is 6.54 Å². The third kappa shape index (κ3) is 4.31. The van der Waals surface area contributed by atoms with Gasteiger partial charge in [0.2, 0.25) is 5.91 Å². The van der Waals surface area contributed by atoms with E-state index in [1.54, 1.807) is 30.0 Å². The summed E-state index contributed by atoms with van der Waals surface area (Å²) in [5.41, 5.74) is 8.11. The number of carbonyl (C=O) groups is 2. The Labute approximate surface area is 191 Å². The van der Waals surface area contributed by atoms with Crippen molar-refractivity contribution in [1.82, 2.24) is 19.7 Å². The molecule has 3 N–H and O–H groups in total. The maximum Gasteiger partial charge on any atom is 0.322 e. The minimum atomic E-state index is -0.525. The number of nitrogens with one attached hydrogen (secondary N) is 1. The van der Waals surface area contributed by atoms with Crippen LogP contribution in [0.5, 0.6) is 0 Å². The Balaban J connectivity index is 1.57. The lowest BCUT2D eigenvalue weighted by atomic mass is 10.1. The molecule has 1 aliphatic heterocycles. The van der Waals surface area contributed by atoms with Crippen LogP contribution in [0.25, 0.3) is 0 Å². The van der Waals surface area contributed by atoms with Gasteiger partial charge >= 0.3 is 6.03 Å². The van der Waals surface area contributed by atoms with Crippen molar-refractivity contribution in [3.05, 3.63) is 75.8 Å². The van der Waals surface area contributed by atoms with Crippen LogP contribution in [0.4, 0.5) is 10.5 Å². The second-order valence-electron chi connectivity index (χ2n) is 7.94. The van der Waals surface area contributed by atoms with Crippen LogP contribution < -0.4 is 11.1 Å². The van der Waals surface area contributed by atoms with Gasteiger partial charge in [-0.15, -0.1) is 10.2 Å². The van der Waals surface area contributed by atoms with Gasteiger partial charge in [0, 0.05) is 22.8 Å². The van der Waals surface area contributed by atoms with Crippen molar-refractivity contribution in [1.29, 1.82) is 0 Å². The van der Waals surface area contributed by atoms with Gasteiger partial charge in [0.1, 0.15) is 5.82 Å². The van der Waals surface area contributed by atoms with Gasteiger partial charge in [-0.2, -0.15) is 0 Å². The first-order chi connectivity index (χ1) is 15.3. The van der Waals surface area contributed by atoms with Crippen LogP contribution in [-0.4, -0.2) is 38.1 Å². The molecule has 0 aliphatic carbocycles. The Bertz CT molecular complexity index is 1160. The van der Waals surface area contributed by atoms with E-state index in [0.717, 1.165) is 30.1 Å². The Morgan fingerprint density at radius 2 is 1.91 bits per heavy atom. The summed E-state index contributed by atoms with van der Waals surface area (Å²) in [7, 11) is 0. The quantitative estimate of drug-likeness (QED) is 0.608. The SMILES string of the molecule is Cc1c(NC(=O)N2CCC[C@@H]2c2nnc(C)n2Cc2ccc(Cl)cc2)cccc1C(N)=O. The summed E-state index contributed by atoms with van der Waals surface area (Å²) in [4.78, 5) is 26.6. The van der Waals surface area contributed by atoms with Gasteiger partial charge in [-0.3, -0.25) is 4.79 Å². The Morgan fingerprint density at radius 3 is 2.62 bits per heavy atom. The summed E-state index contributed by atoms with van der Waals surface area (Å²) in [5, 5.41) is 12.3. The molecule has 1 saturated heterocycles. The van der Waals surface area contributed by atoms with Crippen LogP contribution in [0.3, 0.4) is 0 Å². The van der Waals surface area contributed by atoms with E-state index in [-0.39, 0.29) is 12.1 Å². The topological polar surface area (TPSA) is 106 Å². The largest absolute Gasteiger partial charge is 0.366 e. The van der Waals surface area contributed by atoms with Crippen LogP contribution in [0.15, 0.2) is 42.5 Å². The molecule has 3 aromatic rings. The molecule has 0 spiro atoms. The number of urea groups is 1. The van der Waals surface area contributed by atoms with Gasteiger partial charge in [0.25, 0.3) is 0 Å². The van der Waals surface area contributed by atoms with E-state index in [9.17, 15) is 9.59 Å². The van der Waals surface area contributed by atoms with Gasteiger partial charge < -0.3 is 20.5 Å². The number of amides is 3. The number of aryl methyl sites for hydroxylation is 1. The fourth-order valence-corrected chi connectivity index (χ4v) is 4.24. The van der Waals surface area contributed by atoms with Crippen LogP contribution in [0.2, 0.25) is 5.02 Å². The predicted molar refractivity (Wildman–Crippen MR) is 123 cm³/mol. The number of primary amides is 1. The highest BCUT2D eigenvalue weighted by Gasteiger charge is 2.34. The second-order valence-corrected chi connectivity index (χ2v) is 8.38. The zero-order valence-corrected chi connectivity index (χ0v) is 18.8. The molecular formula is C23H25ClN6O2. The van der Waals surface area contributed by atoms with Gasteiger partial charge in [-0.25, -0.2) is 4.79 Å². The molecule has 1 fully saturated rings. The highest BCUT2D eigenvalue weighted by atomic mass is 35.5. The van der Waals surface area contributed by atoms with E-state index in [1.807, 2.05) is 35.8 Å². The van der Waals surface area contributed by atoms with Crippen molar-refractivity contribution in [2.24, 2.45) is 5.73 Å². The summed E-state index contributed by atoms with van der Waals surface area (Å²) < 4.78 is 2.04. The number of hydrogen-bond acceptors (Lipinski definition) is 4. The summed E-state index contributed by atoms with van der Waals surface area (Å²) >= 11 is 6.01. The first kappa shape index (κ1) is 21.8. The van der Waals surface area contributed by atoms with Crippen LogP contribution in [0, 0.1) is 13.8 Å². The molecule has 0 bridgehead atoms. The lowest BCUT2D eigenvalue weighted by Crippen LogP contribution is -2.36. The van der Waals surface area contributed by atoms with Gasteiger partial charge in [0.15, 0.2) is 5.82 Å². The third-order valence-corrected chi connectivity index (χ3v) is 6.12. The fraction of sp³-hybridized carbons (Fsp3) is 0.304. The molecule has 1 aromatic heterocycles. The Hall–Kier alpha value is -3.39. The smallest absolute Gasteiger partial charge is 0.322 e. The maximum atomic E-state index is 13.2. The van der Waals surface area contributed by atoms with E-state index in [0.29, 0.717) is 34.9 Å². The highest BCUT2D eigenvalue weighted by molar-refractivity contribution is 6.30. The molecule has 2 aromatic carbocycles. The molecule has 1 atom stereocenters. The first-order valence-electron chi connectivity index (χ1n) is 10.5. The molecule has 32 heavy (non-hydrogen) atoms. The number of nitrogens with zero attached hydrogens (tertiary/aromatic N) is 4. The Kier molecular flexibility index (Phi) is 6.14. The van der Waals surface area contributed by atoms with E-state index in [2.05, 4.69) is 15.5 Å². The number of anilines is 1. The molecule has 1 aliphatic rings. The zero-order chi connectivity index (χ0) is 22.8. The fourth-order valence-electron chi connectivity index (χ4n) is 4.11. The van der Waals surface area contributed by atoms with Crippen LogP contribution in [0.1, 0.15) is 52.0 Å². The average Bonchev–Trinajstić information content (AvgIpc) is 3.38. The number of hydrogen-bond donors (Lipinski definition) is 2. The van der Waals surface area contributed by atoms with Gasteiger partial charge in [0.05, 0.1) is 12.6 Å². The van der Waals surface area contributed by atoms with Gasteiger partial charge in [-0.1, -0.05) is 29.8 Å². The molecule has 2 heterocycles. The minimum absolute atomic E-state index is 0.192. The highest BCUT2D eigenvalue weighted by Crippen LogP contribution is 2.32. The third-order valence-electron chi connectivity index (χ3n) is 5.87. The number of benzene rings is 2. The lowest BCUT2D eigenvalue weighted by Gasteiger charge is -2.25. The van der Waals surface area contributed by atoms with E-state index < -0.39 is 5.91 Å². The van der Waals surface area contributed by atoms with Crippen molar-refractivity contribution in [3.63, 3.8) is 0 Å². The van der Waals surface area contributed by atoms with Crippen molar-refractivity contribution in [3.8, 4) is 0 Å². The Morgan fingerprint density at radius 1 is 1.16 bits per heavy atom. The second kappa shape index (κ2) is 9.00. The number of nitrogens with two attached hydrogens (primary N) is 1. The predicted octanol–water partition coefficient (Wildman–Crippen LogP) is 4.06. The van der Waals surface area contributed by atoms with Gasteiger partial charge in [-0.05, 0) is 62.1 Å². The van der Waals surface area contributed by atoms with E-state index >= 15 is 0 Å². The van der Waals surface area contributed by atoms with Crippen molar-refractivity contribution in [2.75, 3.05) is 11.9 Å². The van der Waals surface area contributed by atoms with Crippen molar-refractivity contribution >= 4 is 29.2 Å². The maximum absolute atomic E-state index is 13.2. The molecule has 3 amide bonds. The van der Waals surface area contributed by atoms with Crippen LogP contribution >= 0.6 is 11.6 Å². The zero-order valence-electron chi connectivity index (χ0n) is 18.0. The summed E-state index contributed by atoms with van der Waals surface area (Å²) in [6.45, 7) is 4.88. The summed E-state index contributed by atoms with van der Waals surface area (Å²) in [6, 6.07) is 12.3. The normalized spacial score (nSPS) is 15.7. The number of halogens is 1. The number of rotatable bonds is 5. The minimum Gasteiger partial charge on any atom is -0.366 e. The standard InChI is InChI=1S/C23H25ClN6O2/c1-14-18(21(25)31)5-3-6-19(14)26-23(32)29-12-4-7-20(29)22-28-27-15(2)30(22)13-16-8-10-17(24)11-9-16/h3,5-6,8-11,20H,4,7,12-13H2,1-2H3,(H2,25,31)(H,26,32)/t20-/m1/s1. The molecule has 0 unspecified atom stereocenters. The molecular weight excluding hydrogens is 428 g/mol. The monoisotopic (exact) mass is 452 g/mol. The van der Waals surface area contributed by atoms with Crippen molar-refractivity contribution in [2.45, 2.75) is 39.3 Å². The average molecular weight is 453 g/mol. The number of likely N-dealkylation sites (tertiary alicyclic amines) is 1. The molecule has 0 saturated carbocycles.